The molecule has 17 nitrogen and oxygen atoms in total. The molecule has 0 radical (unpaired) electrons. The quantitative estimate of drug-likeness (QED) is 0.0312. The number of guanidine groups is 1. The fourth-order valence-corrected chi connectivity index (χ4v) is 7.75. The van der Waals surface area contributed by atoms with Gasteiger partial charge in [-0.3, -0.25) is 34.2 Å². The lowest BCUT2D eigenvalue weighted by molar-refractivity contribution is -0.137. The Kier molecular flexibility index (Phi) is 16.4. The second-order valence-corrected chi connectivity index (χ2v) is 15.6. The van der Waals surface area contributed by atoms with E-state index in [1.54, 1.807) is 13.3 Å². The molecule has 1 heterocycles. The normalized spacial score (nSPS) is 15.8. The highest BCUT2D eigenvalue weighted by atomic mass is 16.5. The summed E-state index contributed by atoms with van der Waals surface area (Å²) in [5, 5.41) is 25.2. The standard InChI is InChI=1S/C45H58N10O7/c1-3-4-19-39(57)55-45(21-20-32-29(25-45)14-10-18-37(32)62-2)43(61)54-35(23-28-12-6-5-7-13-28)42(60)52-34(17-11-22-49-44(47)48)41(59)53-36(40(58)51-27-38(46)56)24-30-26-50-33-16-9-8-15-31(30)33/h5-10,12-16,18,26,34-36,50H,3-4,11,17,19-25,27H2,1-2H3,(H2,46,56)(H,51,58)(H,52,60)(H,53,59)(H,54,61)(H,55,57)(H4,47,48,49)/t34-,35+,36-,45?/m0/s1. The summed E-state index contributed by atoms with van der Waals surface area (Å²) in [6.07, 6.45) is 4.59. The zero-order valence-corrected chi connectivity index (χ0v) is 35.2. The van der Waals surface area contributed by atoms with Crippen molar-refractivity contribution in [2.24, 2.45) is 11.5 Å². The number of H-pyrrole nitrogens is 1. The van der Waals surface area contributed by atoms with Gasteiger partial charge in [0.25, 0.3) is 0 Å². The number of hydrogen-bond donors (Lipinski definition) is 10. The number of rotatable bonds is 22. The molecule has 0 saturated carbocycles. The molecule has 62 heavy (non-hydrogen) atoms. The Hall–Kier alpha value is -6.91. The van der Waals surface area contributed by atoms with E-state index in [4.69, 9.17) is 21.6 Å². The van der Waals surface area contributed by atoms with Gasteiger partial charge in [0.2, 0.25) is 35.4 Å². The van der Waals surface area contributed by atoms with Crippen LogP contribution in [0.5, 0.6) is 5.75 Å². The summed E-state index contributed by atoms with van der Waals surface area (Å²) in [7, 11) is 1.58. The minimum absolute atomic E-state index is 0.0284. The third kappa shape index (κ3) is 12.6. The summed E-state index contributed by atoms with van der Waals surface area (Å²) in [6, 6.07) is 18.5. The molecule has 0 spiro atoms. The number of methoxy groups -OCH3 is 1. The number of unbranched alkanes of at least 4 members (excludes halogenated alkanes) is 1. The molecule has 0 saturated heterocycles. The zero-order valence-electron chi connectivity index (χ0n) is 35.2. The van der Waals surface area contributed by atoms with Crippen LogP contribution in [0.1, 0.15) is 67.7 Å². The fraction of sp³-hybridized carbons (Fsp3) is 0.400. The maximum atomic E-state index is 14.7. The summed E-state index contributed by atoms with van der Waals surface area (Å²) in [6.45, 7) is 1.71. The first-order chi connectivity index (χ1) is 29.8. The van der Waals surface area contributed by atoms with E-state index in [1.165, 1.54) is 0 Å². The number of carbonyl (C=O) groups is 6. The number of hydrogen-bond acceptors (Lipinski definition) is 8. The number of nitrogens with one attached hydrogen (secondary N) is 8. The first-order valence-electron chi connectivity index (χ1n) is 20.9. The topological polar surface area (TPSA) is 276 Å². The molecule has 17 heteroatoms. The van der Waals surface area contributed by atoms with E-state index in [9.17, 15) is 28.8 Å². The SMILES string of the molecule is CCCCC(=O)NC1(C(=O)N[C@H](Cc2ccccc2)C(=O)N[C@@H](CCCNC(=N)N)C(=O)N[C@@H](Cc2c[nH]c3ccccc23)C(=O)NCC(N)=O)CCc2c(cccc2OC)C1. The van der Waals surface area contributed by atoms with Crippen LogP contribution in [0.2, 0.25) is 0 Å². The van der Waals surface area contributed by atoms with Gasteiger partial charge < -0.3 is 53.1 Å². The molecule has 0 fully saturated rings. The molecule has 5 rings (SSSR count). The van der Waals surface area contributed by atoms with Crippen LogP contribution in [0, 0.1) is 5.41 Å². The van der Waals surface area contributed by atoms with E-state index < -0.39 is 59.7 Å². The van der Waals surface area contributed by atoms with Crippen molar-refractivity contribution >= 4 is 52.3 Å². The number of fused-ring (bicyclic) bond motifs is 2. The van der Waals surface area contributed by atoms with Crippen molar-refractivity contribution in [1.82, 2.24) is 36.9 Å². The van der Waals surface area contributed by atoms with E-state index in [1.807, 2.05) is 79.7 Å². The van der Waals surface area contributed by atoms with E-state index >= 15 is 0 Å². The lowest BCUT2D eigenvalue weighted by Crippen LogP contribution is -2.65. The molecule has 1 unspecified atom stereocenters. The van der Waals surface area contributed by atoms with E-state index in [2.05, 4.69) is 36.9 Å². The van der Waals surface area contributed by atoms with Crippen molar-refractivity contribution in [1.29, 1.82) is 5.41 Å². The van der Waals surface area contributed by atoms with Gasteiger partial charge in [0, 0.05) is 49.3 Å². The number of para-hydroxylation sites is 1. The Labute approximate surface area is 360 Å². The minimum Gasteiger partial charge on any atom is -0.496 e. The zero-order chi connectivity index (χ0) is 44.6. The van der Waals surface area contributed by atoms with Crippen LogP contribution < -0.4 is 48.1 Å². The van der Waals surface area contributed by atoms with Crippen molar-refractivity contribution in [3.8, 4) is 5.75 Å². The molecule has 330 valence electrons. The maximum absolute atomic E-state index is 14.7. The van der Waals surface area contributed by atoms with Crippen molar-refractivity contribution < 1.29 is 33.5 Å². The summed E-state index contributed by atoms with van der Waals surface area (Å²) in [4.78, 5) is 85.2. The molecule has 3 aromatic carbocycles. The van der Waals surface area contributed by atoms with Gasteiger partial charge in [0.15, 0.2) is 5.96 Å². The highest BCUT2D eigenvalue weighted by Gasteiger charge is 2.44. The lowest BCUT2D eigenvalue weighted by Gasteiger charge is -2.39. The van der Waals surface area contributed by atoms with E-state index in [-0.39, 0.29) is 63.4 Å². The smallest absolute Gasteiger partial charge is 0.246 e. The van der Waals surface area contributed by atoms with Crippen molar-refractivity contribution in [2.45, 2.75) is 94.8 Å². The Bertz CT molecular complexity index is 2230. The Morgan fingerprint density at radius 1 is 0.823 bits per heavy atom. The number of benzene rings is 3. The van der Waals surface area contributed by atoms with Crippen LogP contribution in [-0.2, 0) is 54.5 Å². The second kappa shape index (κ2) is 22.1. The number of ether oxygens (including phenoxy) is 1. The Morgan fingerprint density at radius 2 is 1.53 bits per heavy atom. The van der Waals surface area contributed by atoms with E-state index in [0.717, 1.165) is 39.6 Å². The number of amides is 6. The van der Waals surface area contributed by atoms with Gasteiger partial charge in [-0.05, 0) is 66.5 Å². The molecule has 0 aliphatic heterocycles. The predicted molar refractivity (Wildman–Crippen MR) is 235 cm³/mol. The molecule has 1 aromatic heterocycles. The van der Waals surface area contributed by atoms with Crippen LogP contribution in [0.25, 0.3) is 10.9 Å². The number of primary amides is 1. The monoisotopic (exact) mass is 850 g/mol. The highest BCUT2D eigenvalue weighted by Crippen LogP contribution is 2.35. The van der Waals surface area contributed by atoms with Crippen molar-refractivity contribution in [3.05, 3.63) is 101 Å². The van der Waals surface area contributed by atoms with Gasteiger partial charge in [-0.25, -0.2) is 0 Å². The van der Waals surface area contributed by atoms with Crippen molar-refractivity contribution in [3.63, 3.8) is 0 Å². The predicted octanol–water partition coefficient (Wildman–Crippen LogP) is 1.51. The van der Waals surface area contributed by atoms with Crippen LogP contribution in [0.3, 0.4) is 0 Å². The number of carbonyl (C=O) groups excluding carboxylic acids is 6. The van der Waals surface area contributed by atoms with Gasteiger partial charge in [-0.2, -0.15) is 0 Å². The van der Waals surface area contributed by atoms with Gasteiger partial charge in [0.1, 0.15) is 29.4 Å². The molecule has 4 atom stereocenters. The van der Waals surface area contributed by atoms with E-state index in [0.29, 0.717) is 18.6 Å². The third-order valence-corrected chi connectivity index (χ3v) is 11.0. The maximum Gasteiger partial charge on any atom is 0.246 e. The number of aromatic amines is 1. The summed E-state index contributed by atoms with van der Waals surface area (Å²) >= 11 is 0. The molecule has 6 amide bonds. The van der Waals surface area contributed by atoms with Gasteiger partial charge in [0.05, 0.1) is 13.7 Å². The van der Waals surface area contributed by atoms with Gasteiger partial charge >= 0.3 is 0 Å². The largest absolute Gasteiger partial charge is 0.496 e. The molecule has 1 aliphatic carbocycles. The first kappa shape index (κ1) is 46.2. The highest BCUT2D eigenvalue weighted by molar-refractivity contribution is 5.98. The third-order valence-electron chi connectivity index (χ3n) is 11.0. The van der Waals surface area contributed by atoms with Crippen LogP contribution in [0.15, 0.2) is 79.0 Å². The van der Waals surface area contributed by atoms with Gasteiger partial charge in [-0.15, -0.1) is 0 Å². The fourth-order valence-electron chi connectivity index (χ4n) is 7.75. The number of aromatic nitrogens is 1. The number of nitrogens with two attached hydrogens (primary N) is 2. The second-order valence-electron chi connectivity index (χ2n) is 15.6. The van der Waals surface area contributed by atoms with Crippen LogP contribution in [-0.4, -0.2) is 90.3 Å². The minimum atomic E-state index is -1.40. The molecule has 4 aromatic rings. The Morgan fingerprint density at radius 3 is 2.26 bits per heavy atom. The van der Waals surface area contributed by atoms with Crippen LogP contribution >= 0.6 is 0 Å². The summed E-state index contributed by atoms with van der Waals surface area (Å²) in [5.74, 6) is -3.25. The molecule has 12 N–H and O–H groups in total. The summed E-state index contributed by atoms with van der Waals surface area (Å²) in [5.41, 5.74) is 13.5. The molecule has 1 aliphatic rings. The molecular formula is C45H58N10O7. The lowest BCUT2D eigenvalue weighted by atomic mass is 9.76. The Balaban J connectivity index is 1.44. The van der Waals surface area contributed by atoms with Crippen molar-refractivity contribution in [2.75, 3.05) is 20.2 Å². The molecular weight excluding hydrogens is 793 g/mol. The molecule has 0 bridgehead atoms. The van der Waals surface area contributed by atoms with Crippen LogP contribution in [0.4, 0.5) is 0 Å². The average molecular weight is 851 g/mol. The average Bonchev–Trinajstić information content (AvgIpc) is 3.67. The van der Waals surface area contributed by atoms with Gasteiger partial charge in [-0.1, -0.05) is 74.0 Å². The first-order valence-corrected chi connectivity index (χ1v) is 20.9. The summed E-state index contributed by atoms with van der Waals surface area (Å²) < 4.78 is 5.61.